The summed E-state index contributed by atoms with van der Waals surface area (Å²) < 4.78 is 0. The lowest BCUT2D eigenvalue weighted by Crippen LogP contribution is -1.84. The lowest BCUT2D eigenvalue weighted by atomic mass is 10.5. The molecule has 56 valence electrons. The molecule has 0 bridgehead atoms. The van der Waals surface area contributed by atoms with Gasteiger partial charge in [-0.15, -0.1) is 0 Å². The van der Waals surface area contributed by atoms with Crippen molar-refractivity contribution in [3.8, 4) is 0 Å². The maximum absolute atomic E-state index is 10.2. The summed E-state index contributed by atoms with van der Waals surface area (Å²) >= 11 is 5.05. The summed E-state index contributed by atoms with van der Waals surface area (Å²) in [5, 5.41) is -0.530. The molecular weight excluding hydrogens is 164 g/mol. The molecule has 1 aromatic rings. The average Bonchev–Trinajstić information content (AvgIpc) is 2.03. The first-order valence-corrected chi connectivity index (χ1v) is 3.31. The molecule has 0 aliphatic carbocycles. The largest absolute Gasteiger partial charge is 0.276 e. The zero-order valence-corrected chi connectivity index (χ0v) is 6.32. The molecule has 0 fully saturated rings. The van der Waals surface area contributed by atoms with Crippen molar-refractivity contribution in [3.63, 3.8) is 0 Å². The highest BCUT2D eigenvalue weighted by atomic mass is 35.5. The number of hydrogen-bond acceptors (Lipinski definition) is 3. The van der Waals surface area contributed by atoms with Gasteiger partial charge in [0.2, 0.25) is 5.24 Å². The van der Waals surface area contributed by atoms with E-state index in [1.165, 1.54) is 12.2 Å². The van der Waals surface area contributed by atoms with Crippen LogP contribution in [0, 0.1) is 0 Å². The van der Waals surface area contributed by atoms with Crippen molar-refractivity contribution in [2.24, 2.45) is 0 Å². The average molecular weight is 169 g/mol. The summed E-state index contributed by atoms with van der Waals surface area (Å²) in [6.07, 6.45) is 5.84. The molecule has 11 heavy (non-hydrogen) atoms. The SMILES string of the molecule is O=C(Cl)/C=C/c1ncccn1. The predicted octanol–water partition coefficient (Wildman–Crippen LogP) is 1.26. The molecule has 0 radical (unpaired) electrons. The molecule has 0 unspecified atom stereocenters. The lowest BCUT2D eigenvalue weighted by Gasteiger charge is -1.86. The molecule has 0 aromatic carbocycles. The smallest absolute Gasteiger partial charge is 0.245 e. The number of carbonyl (C=O) groups is 1. The van der Waals surface area contributed by atoms with Crippen LogP contribution in [0.1, 0.15) is 5.82 Å². The van der Waals surface area contributed by atoms with Gasteiger partial charge in [-0.25, -0.2) is 9.97 Å². The summed E-state index contributed by atoms with van der Waals surface area (Å²) in [4.78, 5) is 17.9. The van der Waals surface area contributed by atoms with Crippen LogP contribution in [0.2, 0.25) is 0 Å². The first-order valence-electron chi connectivity index (χ1n) is 2.93. The van der Waals surface area contributed by atoms with Gasteiger partial charge in [0.15, 0.2) is 5.82 Å². The maximum Gasteiger partial charge on any atom is 0.245 e. The Morgan fingerprint density at radius 1 is 1.45 bits per heavy atom. The fraction of sp³-hybridized carbons (Fsp3) is 0. The van der Waals surface area contributed by atoms with Gasteiger partial charge in [-0.05, 0) is 23.7 Å². The van der Waals surface area contributed by atoms with Gasteiger partial charge in [0.1, 0.15) is 0 Å². The Balaban J connectivity index is 2.72. The zero-order chi connectivity index (χ0) is 8.10. The molecule has 3 nitrogen and oxygen atoms in total. The standard InChI is InChI=1S/C7H5ClN2O/c8-6(11)2-3-7-9-4-1-5-10-7/h1-5H/b3-2+. The minimum absolute atomic E-state index is 0.474. The Hall–Kier alpha value is -1.22. The first-order chi connectivity index (χ1) is 5.29. The predicted molar refractivity (Wildman–Crippen MR) is 41.9 cm³/mol. The maximum atomic E-state index is 10.2. The Labute approximate surface area is 68.7 Å². The van der Waals surface area contributed by atoms with Crippen LogP contribution in [0.3, 0.4) is 0 Å². The van der Waals surface area contributed by atoms with Gasteiger partial charge in [-0.1, -0.05) is 0 Å². The fourth-order valence-electron chi connectivity index (χ4n) is 0.537. The second-order valence-corrected chi connectivity index (χ2v) is 2.12. The van der Waals surface area contributed by atoms with Crippen molar-refractivity contribution in [1.29, 1.82) is 0 Å². The molecule has 1 heterocycles. The van der Waals surface area contributed by atoms with Gasteiger partial charge in [-0.2, -0.15) is 0 Å². The number of carbonyl (C=O) groups excluding carboxylic acids is 1. The second kappa shape index (κ2) is 3.83. The number of rotatable bonds is 2. The molecule has 1 rings (SSSR count). The van der Waals surface area contributed by atoms with Crippen LogP contribution in [0.4, 0.5) is 0 Å². The molecule has 0 amide bonds. The van der Waals surface area contributed by atoms with Crippen LogP contribution in [0.25, 0.3) is 6.08 Å². The molecule has 0 saturated carbocycles. The summed E-state index contributed by atoms with van der Waals surface area (Å²) in [6, 6.07) is 1.69. The molecule has 0 saturated heterocycles. The monoisotopic (exact) mass is 168 g/mol. The van der Waals surface area contributed by atoms with Crippen molar-refractivity contribution in [3.05, 3.63) is 30.4 Å². The van der Waals surface area contributed by atoms with E-state index >= 15 is 0 Å². The Bertz CT molecular complexity index is 271. The summed E-state index contributed by atoms with van der Waals surface area (Å²) in [5.41, 5.74) is 0. The number of hydrogen-bond donors (Lipinski definition) is 0. The molecule has 0 atom stereocenters. The van der Waals surface area contributed by atoms with Crippen LogP contribution in [0.15, 0.2) is 24.5 Å². The van der Waals surface area contributed by atoms with E-state index in [4.69, 9.17) is 11.6 Å². The minimum atomic E-state index is -0.530. The molecule has 0 N–H and O–H groups in total. The van der Waals surface area contributed by atoms with Gasteiger partial charge in [0.25, 0.3) is 0 Å². The molecule has 0 spiro atoms. The Morgan fingerprint density at radius 3 is 2.64 bits per heavy atom. The highest BCUT2D eigenvalue weighted by Gasteiger charge is 1.88. The second-order valence-electron chi connectivity index (χ2n) is 1.74. The summed E-state index contributed by atoms with van der Waals surface area (Å²) in [6.45, 7) is 0. The van der Waals surface area contributed by atoms with Crippen LogP contribution < -0.4 is 0 Å². The number of allylic oxidation sites excluding steroid dienone is 1. The molecule has 0 aliphatic rings. The highest BCUT2D eigenvalue weighted by Crippen LogP contribution is 1.92. The Morgan fingerprint density at radius 2 is 2.09 bits per heavy atom. The zero-order valence-electron chi connectivity index (χ0n) is 5.57. The summed E-state index contributed by atoms with van der Waals surface area (Å²) in [5.74, 6) is 0.474. The van der Waals surface area contributed by atoms with Crippen LogP contribution in [0.5, 0.6) is 0 Å². The summed E-state index contributed by atoms with van der Waals surface area (Å²) in [7, 11) is 0. The third-order valence-corrected chi connectivity index (χ3v) is 1.08. The van der Waals surface area contributed by atoms with Gasteiger partial charge in [0, 0.05) is 18.5 Å². The van der Waals surface area contributed by atoms with Crippen molar-refractivity contribution in [2.75, 3.05) is 0 Å². The number of aromatic nitrogens is 2. The fourth-order valence-corrected chi connectivity index (χ4v) is 0.600. The normalized spacial score (nSPS) is 10.3. The molecular formula is C7H5ClN2O. The topological polar surface area (TPSA) is 42.9 Å². The highest BCUT2D eigenvalue weighted by molar-refractivity contribution is 6.66. The van der Waals surface area contributed by atoms with Crippen LogP contribution in [-0.4, -0.2) is 15.2 Å². The number of nitrogens with zero attached hydrogens (tertiary/aromatic N) is 2. The van der Waals surface area contributed by atoms with E-state index in [0.717, 1.165) is 0 Å². The van der Waals surface area contributed by atoms with Crippen LogP contribution >= 0.6 is 11.6 Å². The lowest BCUT2D eigenvalue weighted by molar-refractivity contribution is -0.107. The van der Waals surface area contributed by atoms with E-state index in [-0.39, 0.29) is 0 Å². The van der Waals surface area contributed by atoms with E-state index in [2.05, 4.69) is 9.97 Å². The third kappa shape index (κ3) is 2.91. The van der Waals surface area contributed by atoms with Crippen molar-refractivity contribution >= 4 is 22.9 Å². The number of halogens is 1. The van der Waals surface area contributed by atoms with E-state index in [9.17, 15) is 4.79 Å². The quantitative estimate of drug-likeness (QED) is 0.493. The van der Waals surface area contributed by atoms with Gasteiger partial charge in [-0.3, -0.25) is 4.79 Å². The van der Waals surface area contributed by atoms with Crippen molar-refractivity contribution in [1.82, 2.24) is 9.97 Å². The van der Waals surface area contributed by atoms with Gasteiger partial charge < -0.3 is 0 Å². The van der Waals surface area contributed by atoms with E-state index < -0.39 is 5.24 Å². The minimum Gasteiger partial charge on any atom is -0.276 e. The first kappa shape index (κ1) is 7.88. The molecule has 4 heteroatoms. The molecule has 0 aliphatic heterocycles. The van der Waals surface area contributed by atoms with E-state index in [0.29, 0.717) is 5.82 Å². The Kier molecular flexibility index (Phi) is 2.74. The van der Waals surface area contributed by atoms with E-state index in [1.807, 2.05) is 0 Å². The van der Waals surface area contributed by atoms with Gasteiger partial charge in [0.05, 0.1) is 0 Å². The third-order valence-electron chi connectivity index (χ3n) is 0.949. The van der Waals surface area contributed by atoms with Crippen molar-refractivity contribution in [2.45, 2.75) is 0 Å². The molecule has 1 aromatic heterocycles. The van der Waals surface area contributed by atoms with Gasteiger partial charge >= 0.3 is 0 Å². The van der Waals surface area contributed by atoms with Crippen molar-refractivity contribution < 1.29 is 4.79 Å². The van der Waals surface area contributed by atoms with E-state index in [1.54, 1.807) is 18.5 Å². The van der Waals surface area contributed by atoms with Crippen LogP contribution in [-0.2, 0) is 4.79 Å².